The summed E-state index contributed by atoms with van der Waals surface area (Å²) in [5, 5.41) is 17.1. The van der Waals surface area contributed by atoms with E-state index in [0.717, 1.165) is 0 Å². The zero-order valence-corrected chi connectivity index (χ0v) is 6.02. The number of carboxylic acids is 2. The van der Waals surface area contributed by atoms with E-state index in [1.165, 1.54) is 24.3 Å². The van der Waals surface area contributed by atoms with Gasteiger partial charge < -0.3 is 10.2 Å². The van der Waals surface area contributed by atoms with Gasteiger partial charge in [-0.2, -0.15) is 0 Å². The van der Waals surface area contributed by atoms with E-state index >= 15 is 0 Å². The van der Waals surface area contributed by atoms with Crippen molar-refractivity contribution in [1.82, 2.24) is 0 Å². The second kappa shape index (κ2) is 10.3. The Kier molecular flexibility index (Phi) is 14.8. The number of rotatable bonds is 2. The van der Waals surface area contributed by atoms with Gasteiger partial charge >= 0.3 is 101 Å². The Morgan fingerprint density at radius 3 is 1.27 bits per heavy atom. The van der Waals surface area contributed by atoms with Crippen LogP contribution in [0.4, 0.5) is 0 Å². The van der Waals surface area contributed by atoms with E-state index < -0.39 is 11.9 Å². The van der Waals surface area contributed by atoms with Gasteiger partial charge in [0.1, 0.15) is 0 Å². The van der Waals surface area contributed by atoms with Gasteiger partial charge in [0.25, 0.3) is 0 Å². The molecule has 0 fully saturated rings. The summed E-state index contributed by atoms with van der Waals surface area (Å²) in [6, 6.07) is 5.48. The number of benzene rings is 1. The molecule has 0 aliphatic carbocycles. The second-order valence-electron chi connectivity index (χ2n) is 2.16. The molecule has 4 nitrogen and oxygen atoms in total. The fourth-order valence-corrected chi connectivity index (χ4v) is 0.856. The van der Waals surface area contributed by atoms with Gasteiger partial charge in [0.2, 0.25) is 0 Å². The van der Waals surface area contributed by atoms with Gasteiger partial charge in [-0.1, -0.05) is 12.1 Å². The monoisotopic (exact) mass is 238 g/mol. The Balaban J connectivity index is -0.000000480. The molecule has 7 heteroatoms. The van der Waals surface area contributed by atoms with E-state index in [0.29, 0.717) is 0 Å². The van der Waals surface area contributed by atoms with Crippen molar-refractivity contribution in [1.29, 1.82) is 0 Å². The average Bonchev–Trinajstić information content (AvgIpc) is 2.04. The molecule has 68 valence electrons. The van der Waals surface area contributed by atoms with Crippen molar-refractivity contribution in [2.75, 3.05) is 0 Å². The van der Waals surface area contributed by atoms with E-state index in [1.807, 2.05) is 0 Å². The van der Waals surface area contributed by atoms with Gasteiger partial charge in [-0.15, -0.1) is 0 Å². The van der Waals surface area contributed by atoms with E-state index in [1.54, 1.807) is 0 Å². The van der Waals surface area contributed by atoms with Crippen LogP contribution in [0.15, 0.2) is 24.3 Å². The molecule has 0 unspecified atom stereocenters. The topological polar surface area (TPSA) is 74.6 Å². The SMILES string of the molecule is O=C(O)c1ccccc1C(=O)O.[NaH].[NaH].[NaH]. The second-order valence-corrected chi connectivity index (χ2v) is 2.16. The van der Waals surface area contributed by atoms with Crippen LogP contribution in [0, 0.1) is 0 Å². The van der Waals surface area contributed by atoms with Crippen LogP contribution in [0.25, 0.3) is 0 Å². The molecule has 0 amide bonds. The van der Waals surface area contributed by atoms with E-state index in [9.17, 15) is 9.59 Å². The quantitative estimate of drug-likeness (QED) is 0.657. The minimum absolute atomic E-state index is 0. The van der Waals surface area contributed by atoms with Crippen molar-refractivity contribution in [2.45, 2.75) is 0 Å². The predicted molar refractivity (Wildman–Crippen MR) is 61.8 cm³/mol. The van der Waals surface area contributed by atoms with Gasteiger partial charge in [-0.25, -0.2) is 9.59 Å². The van der Waals surface area contributed by atoms with Gasteiger partial charge in [0.15, 0.2) is 0 Å². The summed E-state index contributed by atoms with van der Waals surface area (Å²) < 4.78 is 0. The standard InChI is InChI=1S/C8H6O4.3Na.3H/c9-7(10)5-3-1-2-4-6(5)8(11)12;;;;;;/h1-4H,(H,9,10)(H,11,12);;;;;;. The van der Waals surface area contributed by atoms with Crippen molar-refractivity contribution in [3.8, 4) is 0 Å². The Hall–Kier alpha value is 1.16. The van der Waals surface area contributed by atoms with Crippen molar-refractivity contribution < 1.29 is 19.8 Å². The molecule has 0 aromatic heterocycles. The fourth-order valence-electron chi connectivity index (χ4n) is 0.856. The molecule has 0 aliphatic rings. The zero-order valence-electron chi connectivity index (χ0n) is 6.02. The van der Waals surface area contributed by atoms with Gasteiger partial charge in [0, 0.05) is 0 Å². The van der Waals surface area contributed by atoms with Crippen molar-refractivity contribution in [3.63, 3.8) is 0 Å². The predicted octanol–water partition coefficient (Wildman–Crippen LogP) is -0.863. The number of hydrogen-bond donors (Lipinski definition) is 2. The van der Waals surface area contributed by atoms with Crippen molar-refractivity contribution in [3.05, 3.63) is 35.4 Å². The normalized spacial score (nSPS) is 7.47. The maximum absolute atomic E-state index is 10.5. The minimum atomic E-state index is -1.23. The van der Waals surface area contributed by atoms with Gasteiger partial charge in [-0.3, -0.25) is 0 Å². The van der Waals surface area contributed by atoms with E-state index in [4.69, 9.17) is 10.2 Å². The van der Waals surface area contributed by atoms with E-state index in [2.05, 4.69) is 0 Å². The first kappa shape index (κ1) is 21.4. The van der Waals surface area contributed by atoms with Crippen molar-refractivity contribution >= 4 is 101 Å². The van der Waals surface area contributed by atoms with Crippen LogP contribution in [-0.2, 0) is 0 Å². The third-order valence-electron chi connectivity index (χ3n) is 1.39. The molecule has 1 rings (SSSR count). The molecule has 0 radical (unpaired) electrons. The molecule has 0 saturated heterocycles. The molecule has 0 atom stereocenters. The summed E-state index contributed by atoms with van der Waals surface area (Å²) in [5.74, 6) is -2.46. The first-order valence-corrected chi connectivity index (χ1v) is 3.18. The number of carboxylic acid groups (broad SMARTS) is 2. The van der Waals surface area contributed by atoms with Crippen LogP contribution in [0.5, 0.6) is 0 Å². The number of aromatic carboxylic acids is 2. The average molecular weight is 238 g/mol. The van der Waals surface area contributed by atoms with Crippen LogP contribution in [0.1, 0.15) is 20.7 Å². The molecule has 2 N–H and O–H groups in total. The maximum atomic E-state index is 10.5. The molecule has 1 aromatic rings. The van der Waals surface area contributed by atoms with Gasteiger partial charge in [0.05, 0.1) is 11.1 Å². The van der Waals surface area contributed by atoms with Crippen LogP contribution >= 0.6 is 0 Å². The molecule has 0 spiro atoms. The summed E-state index contributed by atoms with van der Waals surface area (Å²) in [5.41, 5.74) is -0.380. The third-order valence-corrected chi connectivity index (χ3v) is 1.39. The first-order valence-electron chi connectivity index (χ1n) is 3.18. The fraction of sp³-hybridized carbons (Fsp3) is 0. The molecule has 0 heterocycles. The molecule has 15 heavy (non-hydrogen) atoms. The van der Waals surface area contributed by atoms with Crippen LogP contribution in [0.2, 0.25) is 0 Å². The number of hydrogen-bond acceptors (Lipinski definition) is 2. The summed E-state index contributed by atoms with van der Waals surface area (Å²) in [6.45, 7) is 0. The van der Waals surface area contributed by atoms with Gasteiger partial charge in [-0.05, 0) is 12.1 Å². The summed E-state index contributed by atoms with van der Waals surface area (Å²) in [4.78, 5) is 20.9. The molecule has 0 saturated carbocycles. The van der Waals surface area contributed by atoms with Crippen LogP contribution in [0.3, 0.4) is 0 Å². The van der Waals surface area contributed by atoms with Crippen LogP contribution in [-0.4, -0.2) is 111 Å². The molecule has 1 aromatic carbocycles. The Morgan fingerprint density at radius 1 is 0.800 bits per heavy atom. The molecule has 0 aliphatic heterocycles. The summed E-state index contributed by atoms with van der Waals surface area (Å²) in [6.07, 6.45) is 0. The van der Waals surface area contributed by atoms with Crippen molar-refractivity contribution in [2.24, 2.45) is 0 Å². The molecular formula is C8H9Na3O4. The van der Waals surface area contributed by atoms with E-state index in [-0.39, 0.29) is 99.8 Å². The molecule has 0 bridgehead atoms. The molecular weight excluding hydrogens is 229 g/mol. The number of carbonyl (C=O) groups is 2. The zero-order chi connectivity index (χ0) is 9.14. The summed E-state index contributed by atoms with van der Waals surface area (Å²) in [7, 11) is 0. The first-order chi connectivity index (χ1) is 5.63. The van der Waals surface area contributed by atoms with Crippen LogP contribution < -0.4 is 0 Å². The Labute approximate surface area is 153 Å². The Bertz CT molecular complexity index is 307. The third kappa shape index (κ3) is 6.46. The summed E-state index contributed by atoms with van der Waals surface area (Å²) >= 11 is 0. The Morgan fingerprint density at radius 2 is 1.07 bits per heavy atom.